The molecule has 0 spiro atoms. The quantitative estimate of drug-likeness (QED) is 0.648. The molecular weight excluding hydrogens is 230 g/mol. The Morgan fingerprint density at radius 1 is 1.31 bits per heavy atom. The SMILES string of the molecule is CC(C)(C)OCCOc1cc(Cl)nc(N)n1. The molecule has 0 atom stereocenters. The van der Waals surface area contributed by atoms with Crippen molar-refractivity contribution in [2.24, 2.45) is 0 Å². The minimum Gasteiger partial charge on any atom is -0.475 e. The summed E-state index contributed by atoms with van der Waals surface area (Å²) in [6, 6.07) is 1.51. The number of hydrogen-bond acceptors (Lipinski definition) is 5. The van der Waals surface area contributed by atoms with E-state index < -0.39 is 0 Å². The molecule has 0 unspecified atom stereocenters. The second kappa shape index (κ2) is 5.32. The lowest BCUT2D eigenvalue weighted by Gasteiger charge is -2.19. The lowest BCUT2D eigenvalue weighted by molar-refractivity contribution is -0.0168. The van der Waals surface area contributed by atoms with Gasteiger partial charge in [0.05, 0.1) is 12.2 Å². The Morgan fingerprint density at radius 3 is 2.56 bits per heavy atom. The van der Waals surface area contributed by atoms with Gasteiger partial charge in [-0.05, 0) is 20.8 Å². The number of halogens is 1. The maximum atomic E-state index is 5.69. The first kappa shape index (κ1) is 13.0. The first-order valence-electron chi connectivity index (χ1n) is 4.94. The zero-order valence-corrected chi connectivity index (χ0v) is 10.4. The monoisotopic (exact) mass is 245 g/mol. The topological polar surface area (TPSA) is 70.3 Å². The summed E-state index contributed by atoms with van der Waals surface area (Å²) < 4.78 is 10.8. The van der Waals surface area contributed by atoms with Gasteiger partial charge < -0.3 is 15.2 Å². The van der Waals surface area contributed by atoms with Gasteiger partial charge in [0, 0.05) is 6.07 Å². The first-order chi connectivity index (χ1) is 7.37. The molecule has 90 valence electrons. The second-order valence-electron chi connectivity index (χ2n) is 4.20. The van der Waals surface area contributed by atoms with Crippen LogP contribution in [-0.2, 0) is 4.74 Å². The molecule has 0 saturated heterocycles. The molecule has 0 bridgehead atoms. The number of anilines is 1. The van der Waals surface area contributed by atoms with E-state index in [4.69, 9.17) is 26.8 Å². The van der Waals surface area contributed by atoms with Gasteiger partial charge in [-0.1, -0.05) is 11.6 Å². The summed E-state index contributed by atoms with van der Waals surface area (Å²) in [6.07, 6.45) is 0. The number of nitrogens with zero attached hydrogens (tertiary/aromatic N) is 2. The number of ether oxygens (including phenoxy) is 2. The maximum absolute atomic E-state index is 5.69. The molecule has 1 aromatic heterocycles. The summed E-state index contributed by atoms with van der Waals surface area (Å²) >= 11 is 5.69. The third-order valence-electron chi connectivity index (χ3n) is 1.56. The Morgan fingerprint density at radius 2 is 2.00 bits per heavy atom. The van der Waals surface area contributed by atoms with Gasteiger partial charge >= 0.3 is 0 Å². The summed E-state index contributed by atoms with van der Waals surface area (Å²) in [6.45, 7) is 6.81. The maximum Gasteiger partial charge on any atom is 0.224 e. The summed E-state index contributed by atoms with van der Waals surface area (Å²) in [7, 11) is 0. The van der Waals surface area contributed by atoms with E-state index in [1.54, 1.807) is 0 Å². The summed E-state index contributed by atoms with van der Waals surface area (Å²) in [5.41, 5.74) is 5.24. The van der Waals surface area contributed by atoms with Crippen molar-refractivity contribution in [2.45, 2.75) is 26.4 Å². The summed E-state index contributed by atoms with van der Waals surface area (Å²) in [5.74, 6) is 0.453. The van der Waals surface area contributed by atoms with Gasteiger partial charge in [0.2, 0.25) is 11.8 Å². The van der Waals surface area contributed by atoms with Crippen molar-refractivity contribution >= 4 is 17.5 Å². The highest BCUT2D eigenvalue weighted by molar-refractivity contribution is 6.29. The Kier molecular flexibility index (Phi) is 4.32. The third kappa shape index (κ3) is 5.14. The number of nitrogen functional groups attached to an aromatic ring is 1. The third-order valence-corrected chi connectivity index (χ3v) is 1.75. The molecule has 0 aromatic carbocycles. The molecule has 2 N–H and O–H groups in total. The van der Waals surface area contributed by atoms with Gasteiger partial charge in [0.15, 0.2) is 0 Å². The minimum atomic E-state index is -0.175. The van der Waals surface area contributed by atoms with Crippen LogP contribution in [0.5, 0.6) is 5.88 Å². The lowest BCUT2D eigenvalue weighted by atomic mass is 10.2. The van der Waals surface area contributed by atoms with Crippen molar-refractivity contribution in [3.8, 4) is 5.88 Å². The van der Waals surface area contributed by atoms with Gasteiger partial charge in [-0.3, -0.25) is 0 Å². The molecule has 0 aliphatic rings. The average Bonchev–Trinajstić information content (AvgIpc) is 2.09. The zero-order chi connectivity index (χ0) is 12.2. The standard InChI is InChI=1S/C10H16ClN3O2/c1-10(2,3)16-5-4-15-8-6-7(11)13-9(12)14-8/h6H,4-5H2,1-3H3,(H2,12,13,14). The fourth-order valence-electron chi connectivity index (χ4n) is 0.982. The van der Waals surface area contributed by atoms with Gasteiger partial charge in [-0.25, -0.2) is 4.98 Å². The molecule has 0 aliphatic carbocycles. The molecular formula is C10H16ClN3O2. The molecule has 0 fully saturated rings. The van der Waals surface area contributed by atoms with E-state index in [9.17, 15) is 0 Å². The normalized spacial score (nSPS) is 11.5. The Bertz CT molecular complexity index is 332. The number of nitrogens with two attached hydrogens (primary N) is 1. The van der Waals surface area contributed by atoms with Crippen LogP contribution < -0.4 is 10.5 Å². The lowest BCUT2D eigenvalue weighted by Crippen LogP contribution is -2.22. The van der Waals surface area contributed by atoms with E-state index in [0.29, 0.717) is 19.1 Å². The van der Waals surface area contributed by atoms with Crippen LogP contribution in [0.25, 0.3) is 0 Å². The van der Waals surface area contributed by atoms with Crippen LogP contribution in [0, 0.1) is 0 Å². The van der Waals surface area contributed by atoms with E-state index in [2.05, 4.69) is 9.97 Å². The van der Waals surface area contributed by atoms with Crippen LogP contribution in [0.15, 0.2) is 6.07 Å². The van der Waals surface area contributed by atoms with Gasteiger partial charge in [-0.2, -0.15) is 4.98 Å². The van der Waals surface area contributed by atoms with E-state index in [1.165, 1.54) is 6.07 Å². The molecule has 1 heterocycles. The van der Waals surface area contributed by atoms with E-state index in [1.807, 2.05) is 20.8 Å². The van der Waals surface area contributed by atoms with Crippen molar-refractivity contribution in [1.29, 1.82) is 0 Å². The number of hydrogen-bond donors (Lipinski definition) is 1. The van der Waals surface area contributed by atoms with Gasteiger partial charge in [0.25, 0.3) is 0 Å². The highest BCUT2D eigenvalue weighted by Gasteiger charge is 2.09. The fraction of sp³-hybridized carbons (Fsp3) is 0.600. The van der Waals surface area contributed by atoms with Gasteiger partial charge in [0.1, 0.15) is 11.8 Å². The predicted octanol–water partition coefficient (Wildman–Crippen LogP) is 1.91. The van der Waals surface area contributed by atoms with E-state index in [-0.39, 0.29) is 16.7 Å². The van der Waals surface area contributed by atoms with E-state index in [0.717, 1.165) is 0 Å². The fourth-order valence-corrected chi connectivity index (χ4v) is 1.16. The molecule has 5 nitrogen and oxygen atoms in total. The van der Waals surface area contributed by atoms with Crippen molar-refractivity contribution in [1.82, 2.24) is 9.97 Å². The van der Waals surface area contributed by atoms with Crippen LogP contribution in [-0.4, -0.2) is 28.8 Å². The van der Waals surface area contributed by atoms with Crippen LogP contribution >= 0.6 is 11.6 Å². The minimum absolute atomic E-state index is 0.0965. The number of rotatable bonds is 4. The summed E-state index contributed by atoms with van der Waals surface area (Å²) in [4.78, 5) is 7.60. The largest absolute Gasteiger partial charge is 0.475 e. The van der Waals surface area contributed by atoms with Crippen LogP contribution in [0.3, 0.4) is 0 Å². The molecule has 6 heteroatoms. The highest BCUT2D eigenvalue weighted by atomic mass is 35.5. The molecule has 0 radical (unpaired) electrons. The highest BCUT2D eigenvalue weighted by Crippen LogP contribution is 2.14. The van der Waals surface area contributed by atoms with Crippen molar-refractivity contribution in [3.63, 3.8) is 0 Å². The van der Waals surface area contributed by atoms with Crippen LogP contribution in [0.2, 0.25) is 5.15 Å². The van der Waals surface area contributed by atoms with Crippen LogP contribution in [0.4, 0.5) is 5.95 Å². The van der Waals surface area contributed by atoms with E-state index >= 15 is 0 Å². The molecule has 16 heavy (non-hydrogen) atoms. The molecule has 0 amide bonds. The predicted molar refractivity (Wildman–Crippen MR) is 62.7 cm³/mol. The average molecular weight is 246 g/mol. The zero-order valence-electron chi connectivity index (χ0n) is 9.66. The van der Waals surface area contributed by atoms with Crippen molar-refractivity contribution in [3.05, 3.63) is 11.2 Å². The second-order valence-corrected chi connectivity index (χ2v) is 4.58. The Labute approximate surface area is 99.9 Å². The Hall–Kier alpha value is -1.07. The molecule has 0 aliphatic heterocycles. The first-order valence-corrected chi connectivity index (χ1v) is 5.31. The van der Waals surface area contributed by atoms with Gasteiger partial charge in [-0.15, -0.1) is 0 Å². The Balaban J connectivity index is 2.37. The molecule has 1 rings (SSSR count). The smallest absolute Gasteiger partial charge is 0.224 e. The number of aromatic nitrogens is 2. The molecule has 0 saturated carbocycles. The van der Waals surface area contributed by atoms with Crippen molar-refractivity contribution in [2.75, 3.05) is 18.9 Å². The summed E-state index contributed by atoms with van der Waals surface area (Å²) in [5, 5.41) is 0.263. The molecule has 1 aromatic rings. The van der Waals surface area contributed by atoms with Crippen molar-refractivity contribution < 1.29 is 9.47 Å². The van der Waals surface area contributed by atoms with Crippen LogP contribution in [0.1, 0.15) is 20.8 Å².